The number of likely N-dealkylation sites (tertiary alicyclic amines) is 1. The van der Waals surface area contributed by atoms with Crippen molar-refractivity contribution in [3.8, 4) is 11.5 Å². The van der Waals surface area contributed by atoms with Gasteiger partial charge in [0.15, 0.2) is 11.5 Å². The van der Waals surface area contributed by atoms with Crippen molar-refractivity contribution < 1.29 is 22.7 Å². The van der Waals surface area contributed by atoms with Gasteiger partial charge in [-0.3, -0.25) is 4.79 Å². The molecule has 1 atom stereocenters. The van der Waals surface area contributed by atoms with Crippen molar-refractivity contribution in [3.63, 3.8) is 0 Å². The SMILES string of the molecule is CCC1CCCCN1C(=O)CNS(=O)(=O)c1ccc2c(c1)OCO2. The molecule has 1 N–H and O–H groups in total. The van der Waals surface area contributed by atoms with Crippen LogP contribution in [0.3, 0.4) is 0 Å². The van der Waals surface area contributed by atoms with Gasteiger partial charge in [0.2, 0.25) is 22.7 Å². The van der Waals surface area contributed by atoms with Crippen LogP contribution in [-0.2, 0) is 14.8 Å². The van der Waals surface area contributed by atoms with E-state index in [0.29, 0.717) is 18.0 Å². The molecule has 1 aromatic carbocycles. The van der Waals surface area contributed by atoms with Crippen molar-refractivity contribution in [2.24, 2.45) is 0 Å². The Bertz CT molecular complexity index is 719. The summed E-state index contributed by atoms with van der Waals surface area (Å²) in [5.74, 6) is 0.737. The molecule has 7 nitrogen and oxygen atoms in total. The minimum atomic E-state index is -3.77. The van der Waals surface area contributed by atoms with E-state index < -0.39 is 10.0 Å². The Labute approximate surface area is 142 Å². The minimum Gasteiger partial charge on any atom is -0.454 e. The summed E-state index contributed by atoms with van der Waals surface area (Å²) in [4.78, 5) is 14.2. The Hall–Kier alpha value is -1.80. The number of benzene rings is 1. The second-order valence-corrected chi connectivity index (χ2v) is 7.75. The fraction of sp³-hybridized carbons (Fsp3) is 0.562. The minimum absolute atomic E-state index is 0.0604. The van der Waals surface area contributed by atoms with E-state index >= 15 is 0 Å². The predicted octanol–water partition coefficient (Wildman–Crippen LogP) is 1.48. The highest BCUT2D eigenvalue weighted by Crippen LogP contribution is 2.33. The van der Waals surface area contributed by atoms with E-state index in [1.54, 1.807) is 11.0 Å². The van der Waals surface area contributed by atoms with E-state index in [2.05, 4.69) is 4.72 Å². The van der Waals surface area contributed by atoms with Crippen LogP contribution in [0.4, 0.5) is 0 Å². The number of hydrogen-bond acceptors (Lipinski definition) is 5. The molecule has 0 spiro atoms. The number of ether oxygens (including phenoxy) is 2. The lowest BCUT2D eigenvalue weighted by Crippen LogP contribution is -2.47. The number of nitrogens with one attached hydrogen (secondary N) is 1. The summed E-state index contributed by atoms with van der Waals surface area (Å²) >= 11 is 0. The molecule has 2 heterocycles. The first-order valence-electron chi connectivity index (χ1n) is 8.20. The highest BCUT2D eigenvalue weighted by molar-refractivity contribution is 7.89. The lowest BCUT2D eigenvalue weighted by molar-refractivity contribution is -0.133. The summed E-state index contributed by atoms with van der Waals surface area (Å²) in [6, 6.07) is 4.61. The van der Waals surface area contributed by atoms with Crippen LogP contribution >= 0.6 is 0 Å². The molecule has 132 valence electrons. The van der Waals surface area contributed by atoms with Crippen LogP contribution in [0.15, 0.2) is 23.1 Å². The quantitative estimate of drug-likeness (QED) is 0.866. The predicted molar refractivity (Wildman–Crippen MR) is 87.4 cm³/mol. The molecular weight excluding hydrogens is 332 g/mol. The molecule has 0 bridgehead atoms. The average Bonchev–Trinajstić information content (AvgIpc) is 3.07. The van der Waals surface area contributed by atoms with Crippen LogP contribution in [0, 0.1) is 0 Å². The van der Waals surface area contributed by atoms with E-state index in [-0.39, 0.29) is 30.2 Å². The lowest BCUT2D eigenvalue weighted by Gasteiger charge is -2.35. The lowest BCUT2D eigenvalue weighted by atomic mass is 10.00. The average molecular weight is 354 g/mol. The number of carbonyl (C=O) groups is 1. The molecule has 1 aromatic rings. The van der Waals surface area contributed by atoms with Gasteiger partial charge in [0.25, 0.3) is 0 Å². The van der Waals surface area contributed by atoms with E-state index in [0.717, 1.165) is 25.7 Å². The van der Waals surface area contributed by atoms with Gasteiger partial charge in [-0.1, -0.05) is 6.92 Å². The molecule has 8 heteroatoms. The Morgan fingerprint density at radius 1 is 1.29 bits per heavy atom. The zero-order chi connectivity index (χ0) is 17.2. The third-order valence-electron chi connectivity index (χ3n) is 4.49. The molecule has 0 saturated carbocycles. The molecule has 1 amide bonds. The Kier molecular flexibility index (Phi) is 4.96. The van der Waals surface area contributed by atoms with Crippen molar-refractivity contribution in [2.75, 3.05) is 19.9 Å². The first-order chi connectivity index (χ1) is 11.5. The van der Waals surface area contributed by atoms with Gasteiger partial charge in [-0.05, 0) is 37.8 Å². The standard InChI is InChI=1S/C16H22N2O5S/c1-2-12-5-3-4-8-18(12)16(19)10-17-24(20,21)13-6-7-14-15(9-13)23-11-22-14/h6-7,9,12,17H,2-5,8,10-11H2,1H3. The number of hydrogen-bond donors (Lipinski definition) is 1. The highest BCUT2D eigenvalue weighted by Gasteiger charge is 2.27. The van der Waals surface area contributed by atoms with Crippen molar-refractivity contribution >= 4 is 15.9 Å². The van der Waals surface area contributed by atoms with Crippen LogP contribution in [0.2, 0.25) is 0 Å². The molecule has 3 rings (SSSR count). The molecule has 2 aliphatic heterocycles. The largest absolute Gasteiger partial charge is 0.454 e. The summed E-state index contributed by atoms with van der Waals surface area (Å²) in [5.41, 5.74) is 0. The fourth-order valence-corrected chi connectivity index (χ4v) is 4.13. The van der Waals surface area contributed by atoms with Gasteiger partial charge in [-0.15, -0.1) is 0 Å². The highest BCUT2D eigenvalue weighted by atomic mass is 32.2. The van der Waals surface area contributed by atoms with Gasteiger partial charge in [0, 0.05) is 18.7 Å². The molecule has 0 aromatic heterocycles. The molecular formula is C16H22N2O5S. The van der Waals surface area contributed by atoms with Crippen LogP contribution in [0.25, 0.3) is 0 Å². The number of rotatable bonds is 5. The van der Waals surface area contributed by atoms with Crippen LogP contribution in [-0.4, -0.2) is 45.1 Å². The third kappa shape index (κ3) is 3.49. The number of piperidine rings is 1. The molecule has 0 radical (unpaired) electrons. The van der Waals surface area contributed by atoms with E-state index in [1.807, 2.05) is 6.92 Å². The van der Waals surface area contributed by atoms with Crippen molar-refractivity contribution in [1.82, 2.24) is 9.62 Å². The normalized spacial score (nSPS) is 20.2. The first-order valence-corrected chi connectivity index (χ1v) is 9.68. The summed E-state index contributed by atoms with van der Waals surface area (Å²) in [6.07, 6.45) is 3.96. The fourth-order valence-electron chi connectivity index (χ4n) is 3.14. The maximum Gasteiger partial charge on any atom is 0.241 e. The maximum absolute atomic E-state index is 12.4. The van der Waals surface area contributed by atoms with E-state index in [4.69, 9.17) is 9.47 Å². The zero-order valence-electron chi connectivity index (χ0n) is 13.7. The van der Waals surface area contributed by atoms with Crippen LogP contribution < -0.4 is 14.2 Å². The summed E-state index contributed by atoms with van der Waals surface area (Å²) in [5, 5.41) is 0. The molecule has 24 heavy (non-hydrogen) atoms. The number of carbonyl (C=O) groups excluding carboxylic acids is 1. The number of fused-ring (bicyclic) bond motifs is 1. The van der Waals surface area contributed by atoms with Crippen LogP contribution in [0.5, 0.6) is 11.5 Å². The third-order valence-corrected chi connectivity index (χ3v) is 5.89. The van der Waals surface area contributed by atoms with Gasteiger partial charge in [-0.2, -0.15) is 0 Å². The van der Waals surface area contributed by atoms with Gasteiger partial charge in [-0.25, -0.2) is 13.1 Å². The van der Waals surface area contributed by atoms with Crippen LogP contribution in [0.1, 0.15) is 32.6 Å². The van der Waals surface area contributed by atoms with E-state index in [1.165, 1.54) is 12.1 Å². The van der Waals surface area contributed by atoms with Crippen molar-refractivity contribution in [1.29, 1.82) is 0 Å². The molecule has 0 aliphatic carbocycles. The molecule has 1 fully saturated rings. The van der Waals surface area contributed by atoms with Gasteiger partial charge < -0.3 is 14.4 Å². The second kappa shape index (κ2) is 6.98. The molecule has 1 unspecified atom stereocenters. The summed E-state index contributed by atoms with van der Waals surface area (Å²) < 4.78 is 37.5. The Morgan fingerprint density at radius 2 is 2.08 bits per heavy atom. The zero-order valence-corrected chi connectivity index (χ0v) is 14.5. The Balaban J connectivity index is 1.65. The number of sulfonamides is 1. The molecule has 1 saturated heterocycles. The van der Waals surface area contributed by atoms with Crippen molar-refractivity contribution in [3.05, 3.63) is 18.2 Å². The monoisotopic (exact) mass is 354 g/mol. The smallest absolute Gasteiger partial charge is 0.241 e. The summed E-state index contributed by atoms with van der Waals surface area (Å²) in [7, 11) is -3.77. The maximum atomic E-state index is 12.4. The number of amides is 1. The van der Waals surface area contributed by atoms with Gasteiger partial charge in [0.1, 0.15) is 0 Å². The van der Waals surface area contributed by atoms with Gasteiger partial charge in [0.05, 0.1) is 11.4 Å². The second-order valence-electron chi connectivity index (χ2n) is 5.98. The Morgan fingerprint density at radius 3 is 2.88 bits per heavy atom. The van der Waals surface area contributed by atoms with E-state index in [9.17, 15) is 13.2 Å². The molecule has 2 aliphatic rings. The summed E-state index contributed by atoms with van der Waals surface area (Å²) in [6.45, 7) is 2.60. The topological polar surface area (TPSA) is 84.9 Å². The van der Waals surface area contributed by atoms with Gasteiger partial charge >= 0.3 is 0 Å². The number of nitrogens with zero attached hydrogens (tertiary/aromatic N) is 1. The van der Waals surface area contributed by atoms with Crippen molar-refractivity contribution in [2.45, 2.75) is 43.5 Å². The first kappa shape index (κ1) is 17.0.